The highest BCUT2D eigenvalue weighted by Gasteiger charge is 2.21. The maximum absolute atomic E-state index is 2.47. The topological polar surface area (TPSA) is 4.93 Å². The lowest BCUT2D eigenvalue weighted by atomic mass is 9.84. The van der Waals surface area contributed by atoms with Gasteiger partial charge in [0.15, 0.2) is 0 Å². The van der Waals surface area contributed by atoms with Crippen molar-refractivity contribution in [2.24, 2.45) is 0 Å². The van der Waals surface area contributed by atoms with E-state index in [9.17, 15) is 0 Å². The average Bonchev–Trinajstić information content (AvgIpc) is 3.67. The molecule has 0 spiro atoms. The van der Waals surface area contributed by atoms with Gasteiger partial charge in [0.25, 0.3) is 0 Å². The molecule has 1 nitrogen and oxygen atoms in total. The number of benzene rings is 13. The van der Waals surface area contributed by atoms with Crippen LogP contribution in [0.4, 0.5) is 0 Å². The summed E-state index contributed by atoms with van der Waals surface area (Å²) < 4.78 is 2.46. The highest BCUT2D eigenvalue weighted by molar-refractivity contribution is 6.36. The van der Waals surface area contributed by atoms with Gasteiger partial charge in [-0.1, -0.05) is 182 Å². The van der Waals surface area contributed by atoms with Crippen molar-refractivity contribution >= 4 is 108 Å². The van der Waals surface area contributed by atoms with Crippen LogP contribution in [0, 0.1) is 0 Å². The van der Waals surface area contributed by atoms with Crippen LogP contribution in [0.15, 0.2) is 224 Å². The van der Waals surface area contributed by atoms with E-state index < -0.39 is 0 Å². The third-order valence-corrected chi connectivity index (χ3v) is 13.9. The van der Waals surface area contributed by atoms with Gasteiger partial charge in [0, 0.05) is 21.8 Å². The van der Waals surface area contributed by atoms with Gasteiger partial charge in [-0.25, -0.2) is 0 Å². The molecular formula is C62H37N. The number of para-hydroxylation sites is 1. The van der Waals surface area contributed by atoms with Gasteiger partial charge in [0.1, 0.15) is 0 Å². The minimum atomic E-state index is 1.17. The molecule has 0 unspecified atom stereocenters. The van der Waals surface area contributed by atoms with Gasteiger partial charge in [-0.15, -0.1) is 0 Å². The molecule has 0 aliphatic rings. The number of hydrogen-bond acceptors (Lipinski definition) is 0. The summed E-state index contributed by atoms with van der Waals surface area (Å²) in [5.74, 6) is 0. The number of fused-ring (bicyclic) bond motifs is 16. The lowest BCUT2D eigenvalue weighted by Crippen LogP contribution is -1.93. The monoisotopic (exact) mass is 795 g/mol. The molecule has 0 amide bonds. The van der Waals surface area contributed by atoms with E-state index >= 15 is 0 Å². The van der Waals surface area contributed by atoms with Crippen LogP contribution < -0.4 is 0 Å². The molecule has 0 saturated heterocycles. The zero-order valence-electron chi connectivity index (χ0n) is 34.3. The van der Waals surface area contributed by atoms with Gasteiger partial charge in [-0.3, -0.25) is 0 Å². The second-order valence-electron chi connectivity index (χ2n) is 17.1. The van der Waals surface area contributed by atoms with Crippen LogP contribution in [0.2, 0.25) is 0 Å². The first-order chi connectivity index (χ1) is 31.3. The third kappa shape index (κ3) is 4.93. The van der Waals surface area contributed by atoms with E-state index in [1.54, 1.807) is 0 Å². The number of hydrogen-bond donors (Lipinski definition) is 0. The number of nitrogens with zero attached hydrogens (tertiary/aromatic N) is 1. The Morgan fingerprint density at radius 2 is 0.698 bits per heavy atom. The normalized spacial score (nSPS) is 12.1. The summed E-state index contributed by atoms with van der Waals surface area (Å²) in [5.41, 5.74) is 8.63. The van der Waals surface area contributed by atoms with Crippen molar-refractivity contribution in [1.82, 2.24) is 4.57 Å². The first kappa shape index (κ1) is 34.5. The van der Waals surface area contributed by atoms with Crippen LogP contribution >= 0.6 is 0 Å². The largest absolute Gasteiger partial charge is 0.309 e. The lowest BCUT2D eigenvalue weighted by Gasteiger charge is -2.19. The molecule has 0 saturated carbocycles. The Labute approximate surface area is 363 Å². The van der Waals surface area contributed by atoms with E-state index in [4.69, 9.17) is 0 Å². The van der Waals surface area contributed by atoms with Crippen LogP contribution in [-0.2, 0) is 0 Å². The smallest absolute Gasteiger partial charge is 0.0547 e. The van der Waals surface area contributed by atoms with Crippen molar-refractivity contribution in [3.05, 3.63) is 224 Å². The van der Waals surface area contributed by atoms with Gasteiger partial charge < -0.3 is 4.57 Å². The molecular weight excluding hydrogens is 759 g/mol. The van der Waals surface area contributed by atoms with E-state index in [1.165, 1.54) is 136 Å². The minimum Gasteiger partial charge on any atom is -0.309 e. The van der Waals surface area contributed by atoms with Crippen molar-refractivity contribution in [2.45, 2.75) is 0 Å². The zero-order chi connectivity index (χ0) is 41.2. The summed E-state index contributed by atoms with van der Waals surface area (Å²) in [6.45, 7) is 0. The standard InChI is InChI=1S/C62H37N/c1-2-17-44(18-3-1)63-57-33-32-54-48-31-29-43(36-55(48)47-20-8-9-21-49(47)61(54)62(57)56-35-39-15-4-5-16-40(39)37-58(56)63)60-52-24-12-10-22-50(52)59(51-23-11-13-25-53(51)60)42-28-30-46-41(34-42)27-26-38-14-6-7-19-45(38)46/h1-37H. The zero-order valence-corrected chi connectivity index (χ0v) is 34.3. The maximum Gasteiger partial charge on any atom is 0.0547 e. The SMILES string of the molecule is c1ccc(-n2c3cc4ccccc4cc3c3c4c5ccccc5c5cc(-c6c7ccccc7c(-c7ccc8c(ccc9ccccc98)c7)c7ccccc67)ccc5c4ccc32)cc1. The first-order valence-corrected chi connectivity index (χ1v) is 21.9. The fourth-order valence-corrected chi connectivity index (χ4v) is 11.2. The van der Waals surface area contributed by atoms with Gasteiger partial charge in [-0.05, 0) is 146 Å². The Kier molecular flexibility index (Phi) is 7.17. The third-order valence-electron chi connectivity index (χ3n) is 13.9. The Bertz CT molecular complexity index is 4170. The molecule has 14 rings (SSSR count). The highest BCUT2D eigenvalue weighted by atomic mass is 15.0. The molecule has 1 heteroatoms. The first-order valence-electron chi connectivity index (χ1n) is 21.9. The molecule has 1 heterocycles. The Morgan fingerprint density at radius 3 is 1.40 bits per heavy atom. The Morgan fingerprint density at radius 1 is 0.222 bits per heavy atom. The van der Waals surface area contributed by atoms with Crippen molar-refractivity contribution in [3.63, 3.8) is 0 Å². The summed E-state index contributed by atoms with van der Waals surface area (Å²) in [4.78, 5) is 0. The van der Waals surface area contributed by atoms with Gasteiger partial charge in [0.2, 0.25) is 0 Å². The molecule has 290 valence electrons. The predicted molar refractivity (Wildman–Crippen MR) is 272 cm³/mol. The molecule has 0 fully saturated rings. The Balaban J connectivity index is 1.05. The van der Waals surface area contributed by atoms with Crippen molar-refractivity contribution in [1.29, 1.82) is 0 Å². The van der Waals surface area contributed by atoms with Crippen LogP contribution in [0.3, 0.4) is 0 Å². The highest BCUT2D eigenvalue weighted by Crippen LogP contribution is 2.48. The molecule has 14 aromatic rings. The van der Waals surface area contributed by atoms with E-state index in [0.717, 1.165) is 0 Å². The van der Waals surface area contributed by atoms with Crippen LogP contribution in [-0.4, -0.2) is 4.57 Å². The lowest BCUT2D eigenvalue weighted by molar-refractivity contribution is 1.18. The van der Waals surface area contributed by atoms with Crippen LogP contribution in [0.5, 0.6) is 0 Å². The molecule has 0 N–H and O–H groups in total. The Hall–Kier alpha value is -8.26. The molecule has 0 aliphatic carbocycles. The molecule has 0 aliphatic heterocycles. The van der Waals surface area contributed by atoms with Gasteiger partial charge >= 0.3 is 0 Å². The van der Waals surface area contributed by atoms with Crippen LogP contribution in [0.25, 0.3) is 136 Å². The van der Waals surface area contributed by atoms with Crippen LogP contribution in [0.1, 0.15) is 0 Å². The molecule has 0 atom stereocenters. The average molecular weight is 796 g/mol. The predicted octanol–water partition coefficient (Wildman–Crippen LogP) is 17.3. The summed E-state index contributed by atoms with van der Waals surface area (Å²) >= 11 is 0. The molecule has 13 aromatic carbocycles. The summed E-state index contributed by atoms with van der Waals surface area (Å²) in [7, 11) is 0. The van der Waals surface area contributed by atoms with Gasteiger partial charge in [-0.2, -0.15) is 0 Å². The van der Waals surface area contributed by atoms with Gasteiger partial charge in [0.05, 0.1) is 11.0 Å². The van der Waals surface area contributed by atoms with E-state index in [1.807, 2.05) is 0 Å². The summed E-state index contributed by atoms with van der Waals surface area (Å²) in [6.07, 6.45) is 0. The van der Waals surface area contributed by atoms with E-state index in [-0.39, 0.29) is 0 Å². The second kappa shape index (κ2) is 13.1. The maximum atomic E-state index is 2.47. The van der Waals surface area contributed by atoms with Crippen molar-refractivity contribution < 1.29 is 0 Å². The van der Waals surface area contributed by atoms with E-state index in [2.05, 4.69) is 229 Å². The second-order valence-corrected chi connectivity index (χ2v) is 17.1. The molecule has 0 bridgehead atoms. The van der Waals surface area contributed by atoms with Crippen molar-refractivity contribution in [2.75, 3.05) is 0 Å². The number of aromatic nitrogens is 1. The molecule has 63 heavy (non-hydrogen) atoms. The van der Waals surface area contributed by atoms with E-state index in [0.29, 0.717) is 0 Å². The van der Waals surface area contributed by atoms with Crippen molar-refractivity contribution in [3.8, 4) is 27.9 Å². The fraction of sp³-hybridized carbons (Fsp3) is 0. The molecule has 1 aromatic heterocycles. The summed E-state index contributed by atoms with van der Waals surface area (Å²) in [6, 6.07) is 83.7. The number of rotatable bonds is 3. The quantitative estimate of drug-likeness (QED) is 0.124. The molecule has 0 radical (unpaired) electrons. The fourth-order valence-electron chi connectivity index (χ4n) is 11.2. The summed E-state index contributed by atoms with van der Waals surface area (Å²) in [5, 5.41) is 22.9. The minimum absolute atomic E-state index is 1.17.